The average Bonchev–Trinajstić information content (AvgIpc) is 3.49. The SMILES string of the molecule is COc1ccccc1C(CN=C(N)N1CCN(c2nccs2)CC1)N1CCCC1. The van der Waals surface area contributed by atoms with E-state index in [1.54, 1.807) is 18.4 Å². The second-order valence-corrected chi connectivity index (χ2v) is 8.36. The molecule has 0 bridgehead atoms. The molecule has 0 saturated carbocycles. The summed E-state index contributed by atoms with van der Waals surface area (Å²) in [5.41, 5.74) is 7.60. The molecule has 2 fully saturated rings. The van der Waals surface area contributed by atoms with Crippen molar-refractivity contribution >= 4 is 22.4 Å². The van der Waals surface area contributed by atoms with E-state index in [0.717, 1.165) is 50.1 Å². The molecule has 3 heterocycles. The fourth-order valence-electron chi connectivity index (χ4n) is 4.18. The number of aromatic nitrogens is 1. The Labute approximate surface area is 176 Å². The first-order valence-corrected chi connectivity index (χ1v) is 11.2. The van der Waals surface area contributed by atoms with Crippen LogP contribution >= 0.6 is 11.3 Å². The van der Waals surface area contributed by atoms with Crippen molar-refractivity contribution in [2.75, 3.05) is 57.8 Å². The lowest BCUT2D eigenvalue weighted by Gasteiger charge is -2.35. The highest BCUT2D eigenvalue weighted by Crippen LogP contribution is 2.32. The average molecular weight is 415 g/mol. The second-order valence-electron chi connectivity index (χ2n) is 7.49. The second kappa shape index (κ2) is 9.45. The Morgan fingerprint density at radius 3 is 2.62 bits per heavy atom. The maximum Gasteiger partial charge on any atom is 0.191 e. The monoisotopic (exact) mass is 414 g/mol. The smallest absolute Gasteiger partial charge is 0.191 e. The van der Waals surface area contributed by atoms with Crippen LogP contribution in [0.4, 0.5) is 5.13 Å². The van der Waals surface area contributed by atoms with Crippen LogP contribution in [0.2, 0.25) is 0 Å². The highest BCUT2D eigenvalue weighted by atomic mass is 32.1. The fraction of sp³-hybridized carbons (Fsp3) is 0.524. The number of anilines is 1. The van der Waals surface area contributed by atoms with E-state index in [9.17, 15) is 0 Å². The molecule has 7 nitrogen and oxygen atoms in total. The number of ether oxygens (including phenoxy) is 1. The molecule has 0 amide bonds. The highest BCUT2D eigenvalue weighted by molar-refractivity contribution is 7.13. The summed E-state index contributed by atoms with van der Waals surface area (Å²) in [5, 5.41) is 3.11. The van der Waals surface area contributed by atoms with Gasteiger partial charge in [-0.3, -0.25) is 9.89 Å². The van der Waals surface area contributed by atoms with Gasteiger partial charge in [0.1, 0.15) is 5.75 Å². The summed E-state index contributed by atoms with van der Waals surface area (Å²) in [6.45, 7) is 6.45. The van der Waals surface area contributed by atoms with Crippen molar-refractivity contribution < 1.29 is 4.74 Å². The third-order valence-electron chi connectivity index (χ3n) is 5.80. The molecule has 29 heavy (non-hydrogen) atoms. The van der Waals surface area contributed by atoms with Gasteiger partial charge in [0, 0.05) is 43.3 Å². The van der Waals surface area contributed by atoms with E-state index in [2.05, 4.69) is 31.8 Å². The molecule has 2 aliphatic rings. The van der Waals surface area contributed by atoms with Gasteiger partial charge in [-0.1, -0.05) is 18.2 Å². The zero-order valence-corrected chi connectivity index (χ0v) is 17.9. The summed E-state index contributed by atoms with van der Waals surface area (Å²) in [6.07, 6.45) is 4.34. The predicted molar refractivity (Wildman–Crippen MR) is 119 cm³/mol. The number of para-hydroxylation sites is 1. The van der Waals surface area contributed by atoms with Gasteiger partial charge in [0.05, 0.1) is 19.7 Å². The number of benzene rings is 1. The third-order valence-corrected chi connectivity index (χ3v) is 6.63. The number of likely N-dealkylation sites (tertiary alicyclic amines) is 1. The van der Waals surface area contributed by atoms with Crippen LogP contribution in [-0.2, 0) is 0 Å². The van der Waals surface area contributed by atoms with Gasteiger partial charge in [-0.15, -0.1) is 11.3 Å². The first-order chi connectivity index (χ1) is 14.3. The predicted octanol–water partition coefficient (Wildman–Crippen LogP) is 2.43. The summed E-state index contributed by atoms with van der Waals surface area (Å²) in [5.74, 6) is 1.57. The molecule has 2 aromatic rings. The molecule has 2 saturated heterocycles. The van der Waals surface area contributed by atoms with E-state index in [-0.39, 0.29) is 6.04 Å². The molecule has 1 unspecified atom stereocenters. The molecular formula is C21H30N6OS. The summed E-state index contributed by atoms with van der Waals surface area (Å²) < 4.78 is 5.63. The van der Waals surface area contributed by atoms with E-state index in [0.29, 0.717) is 12.5 Å². The van der Waals surface area contributed by atoms with Gasteiger partial charge >= 0.3 is 0 Å². The zero-order valence-electron chi connectivity index (χ0n) is 17.0. The summed E-state index contributed by atoms with van der Waals surface area (Å²) in [6, 6.07) is 8.47. The quantitative estimate of drug-likeness (QED) is 0.578. The molecular weight excluding hydrogens is 384 g/mol. The van der Waals surface area contributed by atoms with Gasteiger partial charge in [-0.25, -0.2) is 4.98 Å². The highest BCUT2D eigenvalue weighted by Gasteiger charge is 2.26. The van der Waals surface area contributed by atoms with E-state index >= 15 is 0 Å². The molecule has 8 heteroatoms. The first-order valence-electron chi connectivity index (χ1n) is 10.3. The Balaban J connectivity index is 1.43. The molecule has 2 aliphatic heterocycles. The van der Waals surface area contributed by atoms with Gasteiger partial charge in [-0.05, 0) is 32.0 Å². The van der Waals surface area contributed by atoms with Crippen molar-refractivity contribution in [1.29, 1.82) is 0 Å². The number of methoxy groups -OCH3 is 1. The van der Waals surface area contributed by atoms with Crippen molar-refractivity contribution in [3.05, 3.63) is 41.4 Å². The number of thiazole rings is 1. The molecule has 156 valence electrons. The maximum atomic E-state index is 6.40. The molecule has 0 spiro atoms. The van der Waals surface area contributed by atoms with E-state index in [1.165, 1.54) is 18.4 Å². The van der Waals surface area contributed by atoms with Crippen molar-refractivity contribution in [2.45, 2.75) is 18.9 Å². The van der Waals surface area contributed by atoms with Crippen LogP contribution in [0.3, 0.4) is 0 Å². The molecule has 1 atom stereocenters. The Hall–Kier alpha value is -2.32. The van der Waals surface area contributed by atoms with Crippen LogP contribution in [0.25, 0.3) is 0 Å². The molecule has 4 rings (SSSR count). The topological polar surface area (TPSA) is 70.2 Å². The van der Waals surface area contributed by atoms with Gasteiger partial charge in [0.2, 0.25) is 0 Å². The largest absolute Gasteiger partial charge is 0.496 e. The minimum atomic E-state index is 0.198. The number of hydrogen-bond donors (Lipinski definition) is 1. The van der Waals surface area contributed by atoms with Crippen LogP contribution in [0.15, 0.2) is 40.8 Å². The van der Waals surface area contributed by atoms with E-state index < -0.39 is 0 Å². The fourth-order valence-corrected chi connectivity index (χ4v) is 4.88. The van der Waals surface area contributed by atoms with Crippen molar-refractivity contribution in [3.63, 3.8) is 0 Å². The van der Waals surface area contributed by atoms with Crippen molar-refractivity contribution in [1.82, 2.24) is 14.8 Å². The molecule has 0 aliphatic carbocycles. The van der Waals surface area contributed by atoms with Crippen molar-refractivity contribution in [3.8, 4) is 5.75 Å². The van der Waals surface area contributed by atoms with Crippen LogP contribution < -0.4 is 15.4 Å². The Bertz CT molecular complexity index is 797. The van der Waals surface area contributed by atoms with Crippen LogP contribution in [-0.4, -0.2) is 73.7 Å². The standard InChI is InChI=1S/C21H30N6OS/c1-28-19-7-3-2-6-17(19)18(25-9-4-5-10-25)16-24-20(22)26-11-13-27(14-12-26)21-23-8-15-29-21/h2-3,6-8,15,18H,4-5,9-14,16H2,1H3,(H2,22,24). The third kappa shape index (κ3) is 4.64. The Kier molecular flexibility index (Phi) is 6.51. The molecule has 2 N–H and O–H groups in total. The summed E-state index contributed by atoms with van der Waals surface area (Å²) in [7, 11) is 1.74. The number of piperazine rings is 1. The minimum absolute atomic E-state index is 0.198. The molecule has 0 radical (unpaired) electrons. The summed E-state index contributed by atoms with van der Waals surface area (Å²) in [4.78, 5) is 16.2. The van der Waals surface area contributed by atoms with Gasteiger partial charge in [0.25, 0.3) is 0 Å². The number of hydrogen-bond acceptors (Lipinski definition) is 6. The number of nitrogens with two attached hydrogens (primary N) is 1. The van der Waals surface area contributed by atoms with Crippen molar-refractivity contribution in [2.24, 2.45) is 10.7 Å². The van der Waals surface area contributed by atoms with Gasteiger partial charge in [0.15, 0.2) is 11.1 Å². The van der Waals surface area contributed by atoms with E-state index in [1.807, 2.05) is 23.7 Å². The normalized spacial score (nSPS) is 19.6. The van der Waals surface area contributed by atoms with E-state index in [4.69, 9.17) is 15.5 Å². The Morgan fingerprint density at radius 2 is 1.93 bits per heavy atom. The van der Waals surface area contributed by atoms with Crippen LogP contribution in [0.1, 0.15) is 24.4 Å². The first kappa shape index (κ1) is 20.0. The lowest BCUT2D eigenvalue weighted by Crippen LogP contribution is -2.51. The molecule has 1 aromatic carbocycles. The molecule has 1 aromatic heterocycles. The lowest BCUT2D eigenvalue weighted by atomic mass is 10.0. The van der Waals surface area contributed by atoms with Crippen LogP contribution in [0.5, 0.6) is 5.75 Å². The minimum Gasteiger partial charge on any atom is -0.496 e. The maximum absolute atomic E-state index is 6.40. The van der Waals surface area contributed by atoms with Crippen LogP contribution in [0, 0.1) is 0 Å². The zero-order chi connectivity index (χ0) is 20.1. The number of guanidine groups is 1. The number of rotatable bonds is 6. The Morgan fingerprint density at radius 1 is 1.17 bits per heavy atom. The number of nitrogens with zero attached hydrogens (tertiary/aromatic N) is 5. The lowest BCUT2D eigenvalue weighted by molar-refractivity contribution is 0.244. The summed E-state index contributed by atoms with van der Waals surface area (Å²) >= 11 is 1.69. The van der Waals surface area contributed by atoms with Gasteiger partial charge in [-0.2, -0.15) is 0 Å². The van der Waals surface area contributed by atoms with Gasteiger partial charge < -0.3 is 20.3 Å². The number of aliphatic imine (C=N–C) groups is 1.